The molecule has 0 aliphatic heterocycles. The second kappa shape index (κ2) is 4.01. The Kier molecular flexibility index (Phi) is 4.06. The lowest BCUT2D eigenvalue weighted by Crippen LogP contribution is -2.16. The van der Waals surface area contributed by atoms with Crippen molar-refractivity contribution < 1.29 is 9.46 Å². The molecule has 0 aromatic rings. The fourth-order valence-electron chi connectivity index (χ4n) is 0.550. The van der Waals surface area contributed by atoms with E-state index in [2.05, 4.69) is 10.6 Å². The molecule has 0 aromatic carbocycles. The van der Waals surface area contributed by atoms with Gasteiger partial charge in [-0.2, -0.15) is 0 Å². The summed E-state index contributed by atoms with van der Waals surface area (Å²) >= 11 is 0. The summed E-state index contributed by atoms with van der Waals surface area (Å²) in [6.45, 7) is 0. The van der Waals surface area contributed by atoms with Crippen LogP contribution in [-0.2, 0) is 4.57 Å². The Morgan fingerprint density at radius 1 is 1.33 bits per heavy atom. The molecule has 0 radical (unpaired) electrons. The molecule has 0 amide bonds. The molecular weight excluding hydrogens is 139 g/mol. The van der Waals surface area contributed by atoms with Crippen LogP contribution in [0.5, 0.6) is 0 Å². The first-order valence-corrected chi connectivity index (χ1v) is 4.75. The van der Waals surface area contributed by atoms with Gasteiger partial charge in [-0.1, -0.05) is 0 Å². The van der Waals surface area contributed by atoms with Crippen molar-refractivity contribution in [3.63, 3.8) is 0 Å². The second-order valence-corrected chi connectivity index (χ2v) is 4.19. The number of nitrogens with one attached hydrogen (secondary N) is 2. The van der Waals surface area contributed by atoms with E-state index in [1.54, 1.807) is 14.1 Å². The molecule has 4 nitrogen and oxygen atoms in total. The molecule has 5 heteroatoms. The monoisotopic (exact) mass is 152 g/mol. The van der Waals surface area contributed by atoms with Crippen molar-refractivity contribution in [2.24, 2.45) is 0 Å². The highest BCUT2D eigenvalue weighted by molar-refractivity contribution is 7.57. The predicted molar refractivity (Wildman–Crippen MR) is 37.7 cm³/mol. The van der Waals surface area contributed by atoms with Gasteiger partial charge >= 0.3 is 0 Å². The molecule has 0 bridgehead atoms. The van der Waals surface area contributed by atoms with E-state index in [1.807, 2.05) is 0 Å². The van der Waals surface area contributed by atoms with E-state index >= 15 is 0 Å². The molecule has 9 heavy (non-hydrogen) atoms. The van der Waals surface area contributed by atoms with Crippen LogP contribution >= 0.6 is 7.37 Å². The standard InChI is InChI=1S/C4H13N2O2P/c1-5-3-9(7,8)4-6-2/h5-6H,3-4H2,1-2H3,(H,7,8). The maximum atomic E-state index is 10.8. The van der Waals surface area contributed by atoms with Crippen LogP contribution in [0.1, 0.15) is 0 Å². The van der Waals surface area contributed by atoms with Gasteiger partial charge in [-0.05, 0) is 14.1 Å². The van der Waals surface area contributed by atoms with E-state index in [-0.39, 0.29) is 12.6 Å². The molecule has 3 N–H and O–H groups in total. The summed E-state index contributed by atoms with van der Waals surface area (Å²) in [6.07, 6.45) is 0.349. The molecule has 0 saturated heterocycles. The fourth-order valence-corrected chi connectivity index (χ4v) is 1.65. The van der Waals surface area contributed by atoms with Crippen molar-refractivity contribution in [2.45, 2.75) is 0 Å². The summed E-state index contributed by atoms with van der Waals surface area (Å²) in [4.78, 5) is 8.94. The van der Waals surface area contributed by atoms with E-state index < -0.39 is 7.37 Å². The molecule has 0 fully saturated rings. The first-order chi connectivity index (χ1) is 4.12. The number of rotatable bonds is 4. The van der Waals surface area contributed by atoms with Gasteiger partial charge in [0, 0.05) is 0 Å². The zero-order valence-electron chi connectivity index (χ0n) is 5.72. The summed E-state index contributed by atoms with van der Waals surface area (Å²) < 4.78 is 10.8. The maximum Gasteiger partial charge on any atom is 0.227 e. The van der Waals surface area contributed by atoms with Gasteiger partial charge in [-0.25, -0.2) is 0 Å². The van der Waals surface area contributed by atoms with Gasteiger partial charge < -0.3 is 15.5 Å². The second-order valence-electron chi connectivity index (χ2n) is 1.87. The van der Waals surface area contributed by atoms with E-state index in [0.717, 1.165) is 0 Å². The SMILES string of the molecule is CNCP(=O)(O)CNC. The lowest BCUT2D eigenvalue weighted by Gasteiger charge is -2.08. The van der Waals surface area contributed by atoms with Crippen molar-refractivity contribution >= 4 is 7.37 Å². The van der Waals surface area contributed by atoms with Crippen molar-refractivity contribution in [1.29, 1.82) is 0 Å². The molecule has 0 saturated carbocycles. The minimum Gasteiger partial charge on any atom is -0.343 e. The van der Waals surface area contributed by atoms with Crippen molar-refractivity contribution in [2.75, 3.05) is 26.7 Å². The summed E-state index contributed by atoms with van der Waals surface area (Å²) in [5.74, 6) is 0. The van der Waals surface area contributed by atoms with Crippen LogP contribution < -0.4 is 10.6 Å². The molecule has 0 aliphatic rings. The Morgan fingerprint density at radius 3 is 1.89 bits per heavy atom. The summed E-state index contributed by atoms with van der Waals surface area (Å²) in [5.41, 5.74) is 0. The Morgan fingerprint density at radius 2 is 1.67 bits per heavy atom. The van der Waals surface area contributed by atoms with E-state index in [1.165, 1.54) is 0 Å². The quantitative estimate of drug-likeness (QED) is 0.480. The van der Waals surface area contributed by atoms with Gasteiger partial charge in [0.25, 0.3) is 0 Å². The summed E-state index contributed by atoms with van der Waals surface area (Å²) in [5, 5.41) is 5.28. The zero-order chi connectivity index (χ0) is 7.33. The molecule has 0 heterocycles. The third kappa shape index (κ3) is 4.60. The lowest BCUT2D eigenvalue weighted by molar-refractivity contribution is 0.470. The Bertz CT molecular complexity index is 107. The molecule has 0 unspecified atom stereocenters. The Balaban J connectivity index is 3.58. The largest absolute Gasteiger partial charge is 0.343 e. The van der Waals surface area contributed by atoms with Crippen LogP contribution in [0.2, 0.25) is 0 Å². The van der Waals surface area contributed by atoms with Crippen LogP contribution in [0.4, 0.5) is 0 Å². The van der Waals surface area contributed by atoms with Crippen molar-refractivity contribution in [3.05, 3.63) is 0 Å². The summed E-state index contributed by atoms with van der Waals surface area (Å²) in [7, 11) is 0.388. The van der Waals surface area contributed by atoms with Crippen molar-refractivity contribution in [3.8, 4) is 0 Å². The number of hydrogen-bond acceptors (Lipinski definition) is 3. The molecule has 0 aliphatic carbocycles. The molecule has 0 rings (SSSR count). The van der Waals surface area contributed by atoms with Crippen LogP contribution in [0.15, 0.2) is 0 Å². The highest BCUT2D eigenvalue weighted by Gasteiger charge is 2.13. The first kappa shape index (κ1) is 9.11. The van der Waals surface area contributed by atoms with Gasteiger partial charge in [-0.15, -0.1) is 0 Å². The minimum absolute atomic E-state index is 0.174. The Hall–Kier alpha value is 0.110. The van der Waals surface area contributed by atoms with Crippen molar-refractivity contribution in [1.82, 2.24) is 10.6 Å². The smallest absolute Gasteiger partial charge is 0.227 e. The fraction of sp³-hybridized carbons (Fsp3) is 1.00. The van der Waals surface area contributed by atoms with Gasteiger partial charge in [-0.3, -0.25) is 4.57 Å². The highest BCUT2D eigenvalue weighted by Crippen LogP contribution is 2.36. The third-order valence-corrected chi connectivity index (χ3v) is 2.43. The number of hydrogen-bond donors (Lipinski definition) is 3. The molecule has 0 aromatic heterocycles. The van der Waals surface area contributed by atoms with Crippen LogP contribution in [0.3, 0.4) is 0 Å². The average Bonchev–Trinajstić information content (AvgIpc) is 1.64. The predicted octanol–water partition coefficient (Wildman–Crippen LogP) is -0.389. The van der Waals surface area contributed by atoms with Gasteiger partial charge in [0.05, 0.1) is 12.6 Å². The van der Waals surface area contributed by atoms with E-state index in [9.17, 15) is 4.57 Å². The minimum atomic E-state index is -2.91. The lowest BCUT2D eigenvalue weighted by atomic mass is 11.2. The molecule has 56 valence electrons. The topological polar surface area (TPSA) is 61.4 Å². The average molecular weight is 152 g/mol. The maximum absolute atomic E-state index is 10.8. The third-order valence-electron chi connectivity index (χ3n) is 0.810. The zero-order valence-corrected chi connectivity index (χ0v) is 6.61. The normalized spacial score (nSPS) is 11.9. The van der Waals surface area contributed by atoms with Gasteiger partial charge in [0.1, 0.15) is 0 Å². The van der Waals surface area contributed by atoms with Crippen LogP contribution in [0.25, 0.3) is 0 Å². The Labute approximate surface area is 55.1 Å². The molecule has 0 atom stereocenters. The molecular formula is C4H13N2O2P. The highest BCUT2D eigenvalue weighted by atomic mass is 31.2. The van der Waals surface area contributed by atoms with Crippen LogP contribution in [0, 0.1) is 0 Å². The van der Waals surface area contributed by atoms with Gasteiger partial charge in [0.15, 0.2) is 0 Å². The summed E-state index contributed by atoms with van der Waals surface area (Å²) in [6, 6.07) is 0. The van der Waals surface area contributed by atoms with E-state index in [0.29, 0.717) is 0 Å². The van der Waals surface area contributed by atoms with Gasteiger partial charge in [0.2, 0.25) is 7.37 Å². The first-order valence-electron chi connectivity index (χ1n) is 2.72. The van der Waals surface area contributed by atoms with E-state index in [4.69, 9.17) is 4.89 Å². The molecule has 0 spiro atoms. The van der Waals surface area contributed by atoms with Crippen LogP contribution in [-0.4, -0.2) is 31.6 Å².